The van der Waals surface area contributed by atoms with E-state index in [1.54, 1.807) is 0 Å². The summed E-state index contributed by atoms with van der Waals surface area (Å²) >= 11 is -1.32. The molecule has 0 aliphatic heterocycles. The second kappa shape index (κ2) is 15.4. The normalized spacial score (nSPS) is 10.8. The van der Waals surface area contributed by atoms with Crippen molar-refractivity contribution in [2.24, 2.45) is 5.92 Å². The molecule has 0 aliphatic rings. The van der Waals surface area contributed by atoms with Gasteiger partial charge in [0.25, 0.3) is 0 Å². The van der Waals surface area contributed by atoms with Crippen molar-refractivity contribution in [3.05, 3.63) is 95.1 Å². The predicted octanol–water partition coefficient (Wildman–Crippen LogP) is 9.90. The number of nitrogens with two attached hydrogens (primary N) is 1. The Morgan fingerprint density at radius 2 is 1.50 bits per heavy atom. The summed E-state index contributed by atoms with van der Waals surface area (Å²) < 4.78 is 0. The van der Waals surface area contributed by atoms with Crippen molar-refractivity contribution in [1.82, 2.24) is 0 Å². The number of nitrogen functional groups attached to an aromatic ring is 1. The second-order valence-electron chi connectivity index (χ2n) is 8.04. The Bertz CT molecular complexity index is 943. The zero-order valence-corrected chi connectivity index (χ0v) is 23.7. The van der Waals surface area contributed by atoms with Crippen molar-refractivity contribution in [3.8, 4) is 11.1 Å². The molecular formula is C28H36Cl2IN. The van der Waals surface area contributed by atoms with Crippen LogP contribution in [-0.4, -0.2) is 4.93 Å². The molecule has 0 unspecified atom stereocenters. The van der Waals surface area contributed by atoms with E-state index in [2.05, 4.69) is 82.3 Å². The molecule has 0 aliphatic carbocycles. The van der Waals surface area contributed by atoms with Crippen molar-refractivity contribution in [2.75, 3.05) is 10.7 Å². The van der Waals surface area contributed by atoms with Crippen LogP contribution in [-0.2, 0) is 6.42 Å². The third-order valence-electron chi connectivity index (χ3n) is 4.66. The molecule has 3 aromatic carbocycles. The Morgan fingerprint density at radius 3 is 1.97 bits per heavy atom. The Morgan fingerprint density at radius 1 is 0.938 bits per heavy atom. The molecule has 174 valence electrons. The predicted molar refractivity (Wildman–Crippen MR) is 157 cm³/mol. The number of halogens is 3. The van der Waals surface area contributed by atoms with E-state index in [1.165, 1.54) is 27.8 Å². The van der Waals surface area contributed by atoms with Gasteiger partial charge in [-0.15, -0.1) is 0 Å². The van der Waals surface area contributed by atoms with E-state index >= 15 is 0 Å². The van der Waals surface area contributed by atoms with Crippen molar-refractivity contribution in [1.29, 1.82) is 0 Å². The molecule has 0 heterocycles. The zero-order valence-electron chi connectivity index (χ0n) is 20.0. The van der Waals surface area contributed by atoms with Gasteiger partial charge in [-0.2, -0.15) is 0 Å². The number of para-hydroxylation sites is 1. The number of benzene rings is 3. The number of anilines is 1. The third-order valence-corrected chi connectivity index (χ3v) is 4.66. The first-order valence-electron chi connectivity index (χ1n) is 10.7. The first-order valence-corrected chi connectivity index (χ1v) is 18.3. The van der Waals surface area contributed by atoms with Gasteiger partial charge in [0.15, 0.2) is 0 Å². The van der Waals surface area contributed by atoms with Gasteiger partial charge in [-0.25, -0.2) is 0 Å². The molecule has 0 atom stereocenters. The average molecular weight is 584 g/mol. The van der Waals surface area contributed by atoms with Crippen LogP contribution >= 0.6 is 35.4 Å². The molecule has 0 amide bonds. The topological polar surface area (TPSA) is 26.0 Å². The average Bonchev–Trinajstić information content (AvgIpc) is 2.72. The Hall–Kier alpha value is -1.49. The van der Waals surface area contributed by atoms with Crippen LogP contribution in [0.25, 0.3) is 17.2 Å². The van der Waals surface area contributed by atoms with E-state index in [9.17, 15) is 0 Å². The van der Waals surface area contributed by atoms with Crippen LogP contribution in [0.4, 0.5) is 5.69 Å². The molecule has 0 fully saturated rings. The smallest absolute Gasteiger partial charge is 0.0343 e. The summed E-state index contributed by atoms with van der Waals surface area (Å²) in [4.78, 5) is 1.85. The molecule has 3 rings (SSSR count). The Kier molecular flexibility index (Phi) is 13.7. The molecule has 0 saturated heterocycles. The summed E-state index contributed by atoms with van der Waals surface area (Å²) in [5.74, 6) is 0.657. The number of hydrogen-bond donors (Lipinski definition) is 1. The molecule has 0 saturated carbocycles. The molecule has 1 nitrogen and oxygen atoms in total. The minimum atomic E-state index is -1.32. The van der Waals surface area contributed by atoms with E-state index < -0.39 is 17.6 Å². The Labute approximate surface area is 209 Å². The second-order valence-corrected chi connectivity index (χ2v) is 16.7. The Balaban J connectivity index is 0.000000350. The SMILES string of the molecule is C/C=C\c1cc(C)cc(-c2ccccc2)c1CC(C)C.CI(Cl)Cl.Cc1ccccc1N. The summed E-state index contributed by atoms with van der Waals surface area (Å²) in [6.45, 7) is 10.8. The molecule has 2 N–H and O–H groups in total. The summed E-state index contributed by atoms with van der Waals surface area (Å²) in [5, 5.41) is 0. The summed E-state index contributed by atoms with van der Waals surface area (Å²) in [6, 6.07) is 23.1. The fraction of sp³-hybridized carbons (Fsp3) is 0.286. The summed E-state index contributed by atoms with van der Waals surface area (Å²) in [7, 11) is 10.4. The number of hydrogen-bond acceptors (Lipinski definition) is 1. The molecule has 0 spiro atoms. The monoisotopic (exact) mass is 583 g/mol. The summed E-state index contributed by atoms with van der Waals surface area (Å²) in [5.41, 5.74) is 14.4. The van der Waals surface area contributed by atoms with Crippen LogP contribution in [0.5, 0.6) is 0 Å². The summed E-state index contributed by atoms with van der Waals surface area (Å²) in [6.07, 6.45) is 5.48. The fourth-order valence-corrected chi connectivity index (χ4v) is 3.27. The maximum absolute atomic E-state index is 5.52. The van der Waals surface area contributed by atoms with E-state index in [-0.39, 0.29) is 0 Å². The van der Waals surface area contributed by atoms with Crippen LogP contribution in [0.15, 0.2) is 72.8 Å². The van der Waals surface area contributed by atoms with Gasteiger partial charge in [0.1, 0.15) is 0 Å². The van der Waals surface area contributed by atoms with Gasteiger partial charge >= 0.3 is 40.3 Å². The largest absolute Gasteiger partial charge is 0.399 e. The van der Waals surface area contributed by atoms with Crippen LogP contribution < -0.4 is 5.73 Å². The van der Waals surface area contributed by atoms with Crippen LogP contribution in [0, 0.1) is 19.8 Å². The molecule has 3 aromatic rings. The molecule has 32 heavy (non-hydrogen) atoms. The van der Waals surface area contributed by atoms with E-state index in [0.29, 0.717) is 5.92 Å². The van der Waals surface area contributed by atoms with E-state index in [4.69, 9.17) is 23.6 Å². The van der Waals surface area contributed by atoms with Crippen molar-refractivity contribution >= 4 is 47.1 Å². The van der Waals surface area contributed by atoms with Crippen LogP contribution in [0.2, 0.25) is 0 Å². The third kappa shape index (κ3) is 10.9. The molecule has 0 bridgehead atoms. The molecular weight excluding hydrogens is 548 g/mol. The van der Waals surface area contributed by atoms with Gasteiger partial charge in [0.2, 0.25) is 0 Å². The zero-order chi connectivity index (χ0) is 24.1. The van der Waals surface area contributed by atoms with Gasteiger partial charge in [0.05, 0.1) is 0 Å². The van der Waals surface area contributed by atoms with E-state index in [0.717, 1.165) is 17.7 Å². The van der Waals surface area contributed by atoms with Gasteiger partial charge in [-0.1, -0.05) is 86.7 Å². The molecule has 4 heteroatoms. The minimum Gasteiger partial charge on any atom is -0.399 e. The maximum Gasteiger partial charge on any atom is 0.0343 e. The number of aryl methyl sites for hydroxylation is 2. The molecule has 0 aromatic heterocycles. The van der Waals surface area contributed by atoms with Crippen LogP contribution in [0.1, 0.15) is 43.0 Å². The first kappa shape index (κ1) is 28.5. The standard InChI is InChI=1S/C20H24.C7H9N.CH3Cl2I/c1-5-9-18-13-16(4)14-20(19(18)12-15(2)3)17-10-7-6-8-11-17;1-6-4-2-3-5-7(6)8;1-4(2)3/h5-11,13-15H,12H2,1-4H3;2-5H,8H2,1H3;1H3/b9-5-;;. The van der Waals surface area contributed by atoms with Crippen molar-refractivity contribution < 1.29 is 0 Å². The maximum atomic E-state index is 5.52. The van der Waals surface area contributed by atoms with Gasteiger partial charge in [0, 0.05) is 5.69 Å². The quantitative estimate of drug-likeness (QED) is 0.184. The van der Waals surface area contributed by atoms with Crippen molar-refractivity contribution in [3.63, 3.8) is 0 Å². The minimum absolute atomic E-state index is 0.657. The van der Waals surface area contributed by atoms with Crippen LogP contribution in [0.3, 0.4) is 0 Å². The van der Waals surface area contributed by atoms with Gasteiger partial charge in [-0.05, 0) is 72.6 Å². The number of allylic oxidation sites excluding steroid dienone is 1. The van der Waals surface area contributed by atoms with Gasteiger partial charge < -0.3 is 5.73 Å². The van der Waals surface area contributed by atoms with Gasteiger partial charge in [-0.3, -0.25) is 0 Å². The molecule has 0 radical (unpaired) electrons. The van der Waals surface area contributed by atoms with Crippen molar-refractivity contribution in [2.45, 2.75) is 41.0 Å². The number of alkyl halides is 1. The van der Waals surface area contributed by atoms with E-state index in [1.807, 2.05) is 36.1 Å². The number of rotatable bonds is 4. The fourth-order valence-electron chi connectivity index (χ4n) is 3.27. The first-order chi connectivity index (χ1) is 15.1.